The van der Waals surface area contributed by atoms with Crippen LogP contribution in [-0.4, -0.2) is 36.0 Å². The molecule has 1 amide bonds. The number of carbonyl (C=O) groups excluding carboxylic acids is 1. The average molecular weight is 224 g/mol. The van der Waals surface area contributed by atoms with Gasteiger partial charge in [-0.1, -0.05) is 13.3 Å². The van der Waals surface area contributed by atoms with E-state index in [4.69, 9.17) is 0 Å². The molecule has 3 nitrogen and oxygen atoms in total. The Morgan fingerprint density at radius 2 is 2.12 bits per heavy atom. The number of rotatable bonds is 5. The van der Waals surface area contributed by atoms with Crippen molar-refractivity contribution >= 4 is 5.91 Å². The van der Waals surface area contributed by atoms with Crippen molar-refractivity contribution in [1.29, 1.82) is 0 Å². The van der Waals surface area contributed by atoms with Crippen molar-refractivity contribution in [3.05, 3.63) is 0 Å². The molecule has 0 radical (unpaired) electrons. The van der Waals surface area contributed by atoms with E-state index in [0.717, 1.165) is 25.0 Å². The summed E-state index contributed by atoms with van der Waals surface area (Å²) in [6, 6.07) is 1.62. The normalized spacial score (nSPS) is 26.7. The van der Waals surface area contributed by atoms with Crippen LogP contribution in [0.1, 0.15) is 51.9 Å². The highest BCUT2D eigenvalue weighted by Crippen LogP contribution is 2.33. The molecule has 16 heavy (non-hydrogen) atoms. The molecule has 3 heteroatoms. The molecule has 1 saturated heterocycles. The molecular formula is C13H24N2O. The highest BCUT2D eigenvalue weighted by molar-refractivity contribution is 5.75. The summed E-state index contributed by atoms with van der Waals surface area (Å²) in [5.41, 5.74) is 0. The number of nitrogens with one attached hydrogen (secondary N) is 1. The Balaban J connectivity index is 1.71. The summed E-state index contributed by atoms with van der Waals surface area (Å²) in [5.74, 6) is 0.189. The predicted molar refractivity (Wildman–Crippen MR) is 65.3 cm³/mol. The fourth-order valence-electron chi connectivity index (χ4n) is 2.72. The second-order valence-corrected chi connectivity index (χ2v) is 5.11. The van der Waals surface area contributed by atoms with Crippen molar-refractivity contribution in [3.63, 3.8) is 0 Å². The first-order valence-electron chi connectivity index (χ1n) is 6.83. The second-order valence-electron chi connectivity index (χ2n) is 5.11. The summed E-state index contributed by atoms with van der Waals surface area (Å²) in [6.45, 7) is 4.06. The Kier molecular flexibility index (Phi) is 4.22. The minimum absolute atomic E-state index is 0.189. The van der Waals surface area contributed by atoms with Gasteiger partial charge < -0.3 is 5.32 Å². The van der Waals surface area contributed by atoms with E-state index in [0.29, 0.717) is 6.42 Å². The molecular weight excluding hydrogens is 200 g/mol. The molecule has 0 spiro atoms. The third kappa shape index (κ3) is 3.21. The molecule has 0 aromatic heterocycles. The van der Waals surface area contributed by atoms with Gasteiger partial charge in [-0.05, 0) is 38.6 Å². The third-order valence-electron chi connectivity index (χ3n) is 3.81. The molecule has 0 aromatic rings. The van der Waals surface area contributed by atoms with Gasteiger partial charge >= 0.3 is 0 Å². The smallest absolute Gasteiger partial charge is 0.219 e. The van der Waals surface area contributed by atoms with Gasteiger partial charge in [-0.25, -0.2) is 0 Å². The SMILES string of the molecule is CCC(=O)NCCC1CCCCN1C1CC1. The number of hydrogen-bond acceptors (Lipinski definition) is 2. The number of likely N-dealkylation sites (tertiary alicyclic amines) is 1. The van der Waals surface area contributed by atoms with Gasteiger partial charge in [0, 0.05) is 25.0 Å². The molecule has 2 fully saturated rings. The molecule has 2 rings (SSSR count). The van der Waals surface area contributed by atoms with Crippen LogP contribution in [0.3, 0.4) is 0 Å². The van der Waals surface area contributed by atoms with Gasteiger partial charge in [-0.15, -0.1) is 0 Å². The van der Waals surface area contributed by atoms with E-state index in [9.17, 15) is 4.79 Å². The van der Waals surface area contributed by atoms with Gasteiger partial charge in [-0.3, -0.25) is 9.69 Å². The Hall–Kier alpha value is -0.570. The lowest BCUT2D eigenvalue weighted by Crippen LogP contribution is -2.42. The van der Waals surface area contributed by atoms with E-state index < -0.39 is 0 Å². The lowest BCUT2D eigenvalue weighted by atomic mass is 9.99. The van der Waals surface area contributed by atoms with E-state index in [1.165, 1.54) is 38.6 Å². The Labute approximate surface area is 98.6 Å². The van der Waals surface area contributed by atoms with Crippen LogP contribution in [0.15, 0.2) is 0 Å². The lowest BCUT2D eigenvalue weighted by Gasteiger charge is -2.36. The third-order valence-corrected chi connectivity index (χ3v) is 3.81. The molecule has 92 valence electrons. The standard InChI is InChI=1S/C13H24N2O/c1-2-13(16)14-9-8-11-5-3-4-10-15(11)12-6-7-12/h11-12H,2-10H2,1H3,(H,14,16). The van der Waals surface area contributed by atoms with E-state index in [1.807, 2.05) is 6.92 Å². The van der Waals surface area contributed by atoms with E-state index in [1.54, 1.807) is 0 Å². The van der Waals surface area contributed by atoms with Crippen LogP contribution >= 0.6 is 0 Å². The summed E-state index contributed by atoms with van der Waals surface area (Å²) < 4.78 is 0. The van der Waals surface area contributed by atoms with Crippen molar-refractivity contribution in [2.24, 2.45) is 0 Å². The van der Waals surface area contributed by atoms with Crippen molar-refractivity contribution in [2.75, 3.05) is 13.1 Å². The van der Waals surface area contributed by atoms with Crippen LogP contribution in [0.25, 0.3) is 0 Å². The minimum atomic E-state index is 0.189. The maximum Gasteiger partial charge on any atom is 0.219 e. The van der Waals surface area contributed by atoms with Gasteiger partial charge in [-0.2, -0.15) is 0 Å². The highest BCUT2D eigenvalue weighted by atomic mass is 16.1. The first kappa shape index (κ1) is 11.9. The van der Waals surface area contributed by atoms with E-state index >= 15 is 0 Å². The molecule has 0 aromatic carbocycles. The fourth-order valence-corrected chi connectivity index (χ4v) is 2.72. The van der Waals surface area contributed by atoms with Gasteiger partial charge in [0.1, 0.15) is 0 Å². The second kappa shape index (κ2) is 5.67. The summed E-state index contributed by atoms with van der Waals surface area (Å²) >= 11 is 0. The van der Waals surface area contributed by atoms with Crippen molar-refractivity contribution in [1.82, 2.24) is 10.2 Å². The molecule has 1 N–H and O–H groups in total. The molecule has 1 aliphatic carbocycles. The number of nitrogens with zero attached hydrogens (tertiary/aromatic N) is 1. The van der Waals surface area contributed by atoms with Crippen LogP contribution in [-0.2, 0) is 4.79 Å². The molecule has 1 unspecified atom stereocenters. The fraction of sp³-hybridized carbons (Fsp3) is 0.923. The van der Waals surface area contributed by atoms with Crippen molar-refractivity contribution in [2.45, 2.75) is 64.0 Å². The summed E-state index contributed by atoms with van der Waals surface area (Å²) in [7, 11) is 0. The number of hydrogen-bond donors (Lipinski definition) is 1. The van der Waals surface area contributed by atoms with Gasteiger partial charge in [0.2, 0.25) is 5.91 Å². The van der Waals surface area contributed by atoms with Crippen LogP contribution < -0.4 is 5.32 Å². The van der Waals surface area contributed by atoms with Crippen LogP contribution in [0.2, 0.25) is 0 Å². The van der Waals surface area contributed by atoms with Crippen LogP contribution in [0, 0.1) is 0 Å². The highest BCUT2D eigenvalue weighted by Gasteiger charge is 2.34. The quantitative estimate of drug-likeness (QED) is 0.774. The zero-order chi connectivity index (χ0) is 11.4. The zero-order valence-corrected chi connectivity index (χ0v) is 10.4. The summed E-state index contributed by atoms with van der Waals surface area (Å²) in [4.78, 5) is 13.9. The number of amides is 1. The summed E-state index contributed by atoms with van der Waals surface area (Å²) in [5, 5.41) is 2.99. The lowest BCUT2D eigenvalue weighted by molar-refractivity contribution is -0.120. The van der Waals surface area contributed by atoms with Crippen molar-refractivity contribution < 1.29 is 4.79 Å². The monoisotopic (exact) mass is 224 g/mol. The average Bonchev–Trinajstić information content (AvgIpc) is 3.13. The van der Waals surface area contributed by atoms with Gasteiger partial charge in [0.05, 0.1) is 0 Å². The molecule has 1 heterocycles. The Bertz CT molecular complexity index is 238. The van der Waals surface area contributed by atoms with Crippen LogP contribution in [0.4, 0.5) is 0 Å². The number of piperidine rings is 1. The molecule has 1 atom stereocenters. The maximum absolute atomic E-state index is 11.2. The van der Waals surface area contributed by atoms with Gasteiger partial charge in [0.25, 0.3) is 0 Å². The maximum atomic E-state index is 11.2. The first-order chi connectivity index (χ1) is 7.81. The van der Waals surface area contributed by atoms with Crippen molar-refractivity contribution in [3.8, 4) is 0 Å². The largest absolute Gasteiger partial charge is 0.356 e. The van der Waals surface area contributed by atoms with Crippen LogP contribution in [0.5, 0.6) is 0 Å². The molecule has 1 saturated carbocycles. The minimum Gasteiger partial charge on any atom is -0.356 e. The van der Waals surface area contributed by atoms with E-state index in [-0.39, 0.29) is 5.91 Å². The predicted octanol–water partition coefficient (Wildman–Crippen LogP) is 1.92. The number of carbonyl (C=O) groups is 1. The summed E-state index contributed by atoms with van der Waals surface area (Å²) in [6.07, 6.45) is 8.62. The molecule has 0 bridgehead atoms. The zero-order valence-electron chi connectivity index (χ0n) is 10.4. The molecule has 2 aliphatic rings. The first-order valence-corrected chi connectivity index (χ1v) is 6.83. The Morgan fingerprint density at radius 1 is 1.31 bits per heavy atom. The molecule has 1 aliphatic heterocycles. The topological polar surface area (TPSA) is 32.3 Å². The Morgan fingerprint density at radius 3 is 2.81 bits per heavy atom. The van der Waals surface area contributed by atoms with E-state index in [2.05, 4.69) is 10.2 Å². The van der Waals surface area contributed by atoms with Gasteiger partial charge in [0.15, 0.2) is 0 Å².